The van der Waals surface area contributed by atoms with Gasteiger partial charge in [0.05, 0.1) is 0 Å². The van der Waals surface area contributed by atoms with Crippen molar-refractivity contribution in [1.82, 2.24) is 20.2 Å². The van der Waals surface area contributed by atoms with Crippen molar-refractivity contribution < 1.29 is 4.79 Å². The predicted molar refractivity (Wildman–Crippen MR) is 64.5 cm³/mol. The molecule has 0 spiro atoms. The quantitative estimate of drug-likeness (QED) is 0.693. The molecule has 1 aliphatic heterocycles. The normalized spacial score (nSPS) is 17.3. The second-order valence-corrected chi connectivity index (χ2v) is 4.34. The molecule has 6 heteroatoms. The van der Waals surface area contributed by atoms with Crippen LogP contribution in [0.3, 0.4) is 0 Å². The molecule has 0 aliphatic carbocycles. The molecule has 94 valence electrons. The molecule has 0 atom stereocenters. The molecule has 0 aromatic carbocycles. The molecule has 2 amide bonds. The minimum Gasteiger partial charge on any atom is -0.351 e. The molecule has 1 aliphatic rings. The summed E-state index contributed by atoms with van der Waals surface area (Å²) in [5, 5.41) is 3.48. The zero-order valence-electron chi connectivity index (χ0n) is 9.85. The van der Waals surface area contributed by atoms with Gasteiger partial charge >= 0.3 is 6.03 Å². The van der Waals surface area contributed by atoms with E-state index in [1.165, 1.54) is 0 Å². The first-order chi connectivity index (χ1) is 8.25. The van der Waals surface area contributed by atoms with Crippen LogP contribution in [-0.4, -0.2) is 46.6 Å². The summed E-state index contributed by atoms with van der Waals surface area (Å²) in [6.07, 6.45) is 6.45. The number of rotatable bonds is 4. The molecule has 4 N–H and O–H groups in total. The second kappa shape index (κ2) is 5.67. The summed E-state index contributed by atoms with van der Waals surface area (Å²) in [5.41, 5.74) is 5.23. The van der Waals surface area contributed by atoms with E-state index in [-0.39, 0.29) is 6.03 Å². The monoisotopic (exact) mass is 237 g/mol. The number of amides is 2. The lowest BCUT2D eigenvalue weighted by Gasteiger charge is -2.31. The highest BCUT2D eigenvalue weighted by atomic mass is 16.2. The fraction of sp³-hybridized carbons (Fsp3) is 0.636. The largest absolute Gasteiger partial charge is 0.351 e. The van der Waals surface area contributed by atoms with Crippen LogP contribution in [0.2, 0.25) is 0 Å². The first-order valence-corrected chi connectivity index (χ1v) is 6.01. The molecule has 0 saturated carbocycles. The molecular formula is C11H19N5O. The number of carbonyl (C=O) groups is 1. The van der Waals surface area contributed by atoms with Crippen LogP contribution in [0.1, 0.15) is 18.7 Å². The van der Waals surface area contributed by atoms with Gasteiger partial charge in [0, 0.05) is 44.5 Å². The van der Waals surface area contributed by atoms with E-state index in [1.54, 1.807) is 11.1 Å². The van der Waals surface area contributed by atoms with Crippen molar-refractivity contribution in [3.63, 3.8) is 0 Å². The number of carbonyl (C=O) groups excluding carboxylic acids is 1. The van der Waals surface area contributed by atoms with E-state index >= 15 is 0 Å². The molecule has 6 nitrogen and oxygen atoms in total. The lowest BCUT2D eigenvalue weighted by atomic mass is 10.1. The van der Waals surface area contributed by atoms with E-state index in [9.17, 15) is 4.79 Å². The SMILES string of the molecule is NC(=O)N1CCC(NCCc2ncc[nH]2)CC1. The molecule has 1 saturated heterocycles. The Balaban J connectivity index is 1.63. The highest BCUT2D eigenvalue weighted by molar-refractivity contribution is 5.72. The van der Waals surface area contributed by atoms with Crippen LogP contribution < -0.4 is 11.1 Å². The lowest BCUT2D eigenvalue weighted by molar-refractivity contribution is 0.185. The van der Waals surface area contributed by atoms with Gasteiger partial charge in [0.2, 0.25) is 0 Å². The molecule has 2 heterocycles. The predicted octanol–water partition coefficient (Wildman–Crippen LogP) is 0.0849. The summed E-state index contributed by atoms with van der Waals surface area (Å²) in [4.78, 5) is 19.9. The Morgan fingerprint density at radius 2 is 2.35 bits per heavy atom. The lowest BCUT2D eigenvalue weighted by Crippen LogP contribution is -2.47. The second-order valence-electron chi connectivity index (χ2n) is 4.34. The minimum absolute atomic E-state index is 0.306. The summed E-state index contributed by atoms with van der Waals surface area (Å²) < 4.78 is 0. The van der Waals surface area contributed by atoms with Gasteiger partial charge in [-0.1, -0.05) is 0 Å². The van der Waals surface area contributed by atoms with Crippen molar-refractivity contribution in [1.29, 1.82) is 0 Å². The van der Waals surface area contributed by atoms with Gasteiger partial charge in [-0.3, -0.25) is 0 Å². The average molecular weight is 237 g/mol. The number of piperidine rings is 1. The van der Waals surface area contributed by atoms with Gasteiger partial charge < -0.3 is 20.9 Å². The van der Waals surface area contributed by atoms with Gasteiger partial charge in [-0.25, -0.2) is 9.78 Å². The standard InChI is InChI=1S/C11H19N5O/c12-11(17)16-7-2-9(3-8-16)13-4-1-10-14-5-6-15-10/h5-6,9,13H,1-4,7-8H2,(H2,12,17)(H,14,15). The van der Waals surface area contributed by atoms with Crippen LogP contribution >= 0.6 is 0 Å². The maximum Gasteiger partial charge on any atom is 0.314 e. The van der Waals surface area contributed by atoms with Crippen LogP contribution in [0.15, 0.2) is 12.4 Å². The van der Waals surface area contributed by atoms with Gasteiger partial charge in [-0.2, -0.15) is 0 Å². The maximum absolute atomic E-state index is 10.9. The van der Waals surface area contributed by atoms with E-state index in [2.05, 4.69) is 15.3 Å². The van der Waals surface area contributed by atoms with Crippen molar-refractivity contribution in [3.8, 4) is 0 Å². The Morgan fingerprint density at radius 3 is 2.94 bits per heavy atom. The summed E-state index contributed by atoms with van der Waals surface area (Å²) in [7, 11) is 0. The topological polar surface area (TPSA) is 87.0 Å². The number of H-pyrrole nitrogens is 1. The first-order valence-electron chi connectivity index (χ1n) is 6.01. The van der Waals surface area contributed by atoms with Crippen molar-refractivity contribution >= 4 is 6.03 Å². The molecule has 1 aromatic rings. The summed E-state index contributed by atoms with van der Waals surface area (Å²) >= 11 is 0. The number of nitrogens with zero attached hydrogens (tertiary/aromatic N) is 2. The summed E-state index contributed by atoms with van der Waals surface area (Å²) in [6.45, 7) is 2.43. The summed E-state index contributed by atoms with van der Waals surface area (Å²) in [6, 6.07) is 0.180. The van der Waals surface area contributed by atoms with Crippen LogP contribution in [0.4, 0.5) is 4.79 Å². The summed E-state index contributed by atoms with van der Waals surface area (Å²) in [5.74, 6) is 1.01. The maximum atomic E-state index is 10.9. The number of nitrogens with two attached hydrogens (primary N) is 1. The van der Waals surface area contributed by atoms with Crippen molar-refractivity contribution in [3.05, 3.63) is 18.2 Å². The van der Waals surface area contributed by atoms with E-state index in [1.807, 2.05) is 6.20 Å². The fourth-order valence-corrected chi connectivity index (χ4v) is 2.13. The first kappa shape index (κ1) is 11.9. The zero-order chi connectivity index (χ0) is 12.1. The molecule has 1 aromatic heterocycles. The number of hydrogen-bond acceptors (Lipinski definition) is 3. The molecule has 0 bridgehead atoms. The number of likely N-dealkylation sites (tertiary alicyclic amines) is 1. The molecule has 17 heavy (non-hydrogen) atoms. The molecule has 1 fully saturated rings. The smallest absolute Gasteiger partial charge is 0.314 e. The Bertz CT molecular complexity index is 343. The van der Waals surface area contributed by atoms with Gasteiger partial charge in [-0.15, -0.1) is 0 Å². The average Bonchev–Trinajstić information content (AvgIpc) is 2.83. The van der Waals surface area contributed by atoms with Crippen LogP contribution in [0, 0.1) is 0 Å². The van der Waals surface area contributed by atoms with Gasteiger partial charge in [0.1, 0.15) is 5.82 Å². The highest BCUT2D eigenvalue weighted by Gasteiger charge is 2.20. The molecule has 0 radical (unpaired) electrons. The molecular weight excluding hydrogens is 218 g/mol. The minimum atomic E-state index is -0.306. The van der Waals surface area contributed by atoms with Gasteiger partial charge in [0.25, 0.3) is 0 Å². The zero-order valence-corrected chi connectivity index (χ0v) is 9.85. The third kappa shape index (κ3) is 3.45. The highest BCUT2D eigenvalue weighted by Crippen LogP contribution is 2.09. The number of aromatic nitrogens is 2. The van der Waals surface area contributed by atoms with E-state index < -0.39 is 0 Å². The number of aromatic amines is 1. The van der Waals surface area contributed by atoms with E-state index in [0.717, 1.165) is 44.7 Å². The van der Waals surface area contributed by atoms with Gasteiger partial charge in [-0.05, 0) is 12.8 Å². The number of imidazole rings is 1. The third-order valence-corrected chi connectivity index (χ3v) is 3.16. The van der Waals surface area contributed by atoms with Crippen molar-refractivity contribution in [2.75, 3.05) is 19.6 Å². The van der Waals surface area contributed by atoms with Crippen LogP contribution in [0.5, 0.6) is 0 Å². The van der Waals surface area contributed by atoms with Crippen LogP contribution in [0.25, 0.3) is 0 Å². The Hall–Kier alpha value is -1.56. The molecule has 2 rings (SSSR count). The van der Waals surface area contributed by atoms with E-state index in [4.69, 9.17) is 5.73 Å². The van der Waals surface area contributed by atoms with Crippen molar-refractivity contribution in [2.24, 2.45) is 5.73 Å². The Kier molecular flexibility index (Phi) is 3.98. The number of nitrogens with one attached hydrogen (secondary N) is 2. The fourth-order valence-electron chi connectivity index (χ4n) is 2.13. The Labute approximate surface area is 101 Å². The number of hydrogen-bond donors (Lipinski definition) is 3. The molecule has 0 unspecified atom stereocenters. The van der Waals surface area contributed by atoms with Crippen LogP contribution in [-0.2, 0) is 6.42 Å². The van der Waals surface area contributed by atoms with Gasteiger partial charge in [0.15, 0.2) is 0 Å². The third-order valence-electron chi connectivity index (χ3n) is 3.16. The van der Waals surface area contributed by atoms with Crippen molar-refractivity contribution in [2.45, 2.75) is 25.3 Å². The number of primary amides is 1. The Morgan fingerprint density at radius 1 is 1.59 bits per heavy atom. The van der Waals surface area contributed by atoms with E-state index in [0.29, 0.717) is 6.04 Å². The number of urea groups is 1.